The Balaban J connectivity index is 2.29. The van der Waals surface area contributed by atoms with Crippen LogP contribution in [-0.2, 0) is 16.1 Å². The van der Waals surface area contributed by atoms with Crippen molar-refractivity contribution in [3.05, 3.63) is 23.8 Å². The van der Waals surface area contributed by atoms with Crippen LogP contribution in [0, 0.1) is 0 Å². The normalized spacial score (nSPS) is 10.3. The number of nitrogens with two attached hydrogens (primary N) is 2. The van der Waals surface area contributed by atoms with E-state index in [0.29, 0.717) is 17.8 Å². The molecule has 1 aromatic rings. The second kappa shape index (κ2) is 7.58. The highest BCUT2D eigenvalue weighted by Crippen LogP contribution is 2.16. The minimum atomic E-state index is -0.165. The smallest absolute Gasteiger partial charge is 0.306 e. The molecule has 0 fully saturated rings. The summed E-state index contributed by atoms with van der Waals surface area (Å²) in [5.74, 6) is -0.165. The number of rotatable bonds is 7. The first-order valence-electron chi connectivity index (χ1n) is 6.43. The Hall–Kier alpha value is -1.71. The van der Waals surface area contributed by atoms with Crippen molar-refractivity contribution in [2.75, 3.05) is 11.5 Å². The van der Waals surface area contributed by atoms with Crippen molar-refractivity contribution < 1.29 is 9.53 Å². The summed E-state index contributed by atoms with van der Waals surface area (Å²) >= 11 is 0. The molecule has 18 heavy (non-hydrogen) atoms. The van der Waals surface area contributed by atoms with Crippen molar-refractivity contribution in [3.63, 3.8) is 0 Å². The Bertz CT molecular complexity index is 391. The Morgan fingerprint density at radius 1 is 1.22 bits per heavy atom. The fraction of sp³-hybridized carbons (Fsp3) is 0.500. The molecule has 0 amide bonds. The van der Waals surface area contributed by atoms with Gasteiger partial charge in [0.15, 0.2) is 0 Å². The maximum atomic E-state index is 11.5. The van der Waals surface area contributed by atoms with Gasteiger partial charge in [0.1, 0.15) is 6.61 Å². The van der Waals surface area contributed by atoms with Crippen LogP contribution >= 0.6 is 0 Å². The first-order chi connectivity index (χ1) is 8.63. The first kappa shape index (κ1) is 14.4. The van der Waals surface area contributed by atoms with E-state index in [9.17, 15) is 4.79 Å². The monoisotopic (exact) mass is 250 g/mol. The third kappa shape index (κ3) is 5.08. The van der Waals surface area contributed by atoms with Gasteiger partial charge in [-0.25, -0.2) is 0 Å². The molecule has 0 saturated heterocycles. The minimum absolute atomic E-state index is 0.165. The summed E-state index contributed by atoms with van der Waals surface area (Å²) in [4.78, 5) is 11.5. The average molecular weight is 250 g/mol. The van der Waals surface area contributed by atoms with Crippen molar-refractivity contribution in [1.82, 2.24) is 0 Å². The molecule has 0 aliphatic heterocycles. The number of hydrogen-bond donors (Lipinski definition) is 2. The van der Waals surface area contributed by atoms with Crippen LogP contribution in [0.25, 0.3) is 0 Å². The topological polar surface area (TPSA) is 78.3 Å². The summed E-state index contributed by atoms with van der Waals surface area (Å²) in [6.45, 7) is 2.36. The van der Waals surface area contributed by atoms with E-state index in [1.165, 1.54) is 0 Å². The predicted molar refractivity (Wildman–Crippen MR) is 73.8 cm³/mol. The molecule has 0 heterocycles. The lowest BCUT2D eigenvalue weighted by atomic mass is 10.1. The van der Waals surface area contributed by atoms with E-state index in [1.54, 1.807) is 18.2 Å². The number of nitrogen functional groups attached to an aromatic ring is 2. The standard InChI is InChI=1S/C14H22N2O2/c1-2-3-4-5-6-14(17)18-10-11-7-8-12(15)9-13(11)16/h7-9H,2-6,10,15-16H2,1H3. The Kier molecular flexibility index (Phi) is 6.05. The molecule has 0 radical (unpaired) electrons. The summed E-state index contributed by atoms with van der Waals surface area (Å²) in [6, 6.07) is 5.21. The molecule has 4 nitrogen and oxygen atoms in total. The third-order valence-electron chi connectivity index (χ3n) is 2.79. The van der Waals surface area contributed by atoms with E-state index in [2.05, 4.69) is 6.92 Å². The Morgan fingerprint density at radius 3 is 2.67 bits per heavy atom. The number of ether oxygens (including phenoxy) is 1. The molecule has 0 saturated carbocycles. The Morgan fingerprint density at radius 2 is 2.00 bits per heavy atom. The van der Waals surface area contributed by atoms with Gasteiger partial charge in [0.05, 0.1) is 0 Å². The van der Waals surface area contributed by atoms with Gasteiger partial charge >= 0.3 is 5.97 Å². The van der Waals surface area contributed by atoms with Crippen LogP contribution in [0.4, 0.5) is 11.4 Å². The van der Waals surface area contributed by atoms with Gasteiger partial charge in [-0.3, -0.25) is 4.79 Å². The maximum absolute atomic E-state index is 11.5. The maximum Gasteiger partial charge on any atom is 0.306 e. The van der Waals surface area contributed by atoms with Gasteiger partial charge in [0, 0.05) is 23.4 Å². The number of benzene rings is 1. The first-order valence-corrected chi connectivity index (χ1v) is 6.43. The number of anilines is 2. The Labute approximate surface area is 108 Å². The molecule has 0 aliphatic carbocycles. The second-order valence-corrected chi connectivity index (χ2v) is 4.43. The van der Waals surface area contributed by atoms with Crippen LogP contribution < -0.4 is 11.5 Å². The molecule has 0 aliphatic rings. The highest BCUT2D eigenvalue weighted by atomic mass is 16.5. The molecule has 0 bridgehead atoms. The van der Waals surface area contributed by atoms with Gasteiger partial charge in [-0.15, -0.1) is 0 Å². The summed E-state index contributed by atoms with van der Waals surface area (Å²) in [7, 11) is 0. The second-order valence-electron chi connectivity index (χ2n) is 4.43. The quantitative estimate of drug-likeness (QED) is 0.443. The molecule has 100 valence electrons. The highest BCUT2D eigenvalue weighted by Gasteiger charge is 2.05. The number of esters is 1. The van der Waals surface area contributed by atoms with Gasteiger partial charge in [-0.05, 0) is 18.6 Å². The molecule has 0 aromatic heterocycles. The van der Waals surface area contributed by atoms with Crippen LogP contribution in [0.1, 0.15) is 44.6 Å². The van der Waals surface area contributed by atoms with Crippen molar-refractivity contribution in [1.29, 1.82) is 0 Å². The van der Waals surface area contributed by atoms with E-state index < -0.39 is 0 Å². The highest BCUT2D eigenvalue weighted by molar-refractivity contribution is 5.69. The molecule has 0 unspecified atom stereocenters. The third-order valence-corrected chi connectivity index (χ3v) is 2.79. The average Bonchev–Trinajstić information content (AvgIpc) is 2.33. The van der Waals surface area contributed by atoms with Crippen molar-refractivity contribution in [2.24, 2.45) is 0 Å². The molecule has 0 atom stereocenters. The van der Waals surface area contributed by atoms with Gasteiger partial charge < -0.3 is 16.2 Å². The lowest BCUT2D eigenvalue weighted by molar-refractivity contribution is -0.145. The van der Waals surface area contributed by atoms with Gasteiger partial charge in [-0.1, -0.05) is 32.3 Å². The zero-order chi connectivity index (χ0) is 13.4. The van der Waals surface area contributed by atoms with Crippen molar-refractivity contribution >= 4 is 17.3 Å². The van der Waals surface area contributed by atoms with Gasteiger partial charge in [-0.2, -0.15) is 0 Å². The van der Waals surface area contributed by atoms with Crippen molar-refractivity contribution in [2.45, 2.75) is 45.6 Å². The van der Waals surface area contributed by atoms with Crippen LogP contribution in [0.3, 0.4) is 0 Å². The fourth-order valence-electron chi connectivity index (χ4n) is 1.67. The van der Waals surface area contributed by atoms with Crippen LogP contribution in [0.2, 0.25) is 0 Å². The minimum Gasteiger partial charge on any atom is -0.461 e. The predicted octanol–water partition coefficient (Wildman–Crippen LogP) is 2.86. The molecule has 0 spiro atoms. The SMILES string of the molecule is CCCCCCC(=O)OCc1ccc(N)cc1N. The van der Waals surface area contributed by atoms with Gasteiger partial charge in [0.25, 0.3) is 0 Å². The zero-order valence-electron chi connectivity index (χ0n) is 10.9. The summed E-state index contributed by atoms with van der Waals surface area (Å²) < 4.78 is 5.17. The largest absolute Gasteiger partial charge is 0.461 e. The zero-order valence-corrected chi connectivity index (χ0v) is 10.9. The molecule has 4 heteroatoms. The fourth-order valence-corrected chi connectivity index (χ4v) is 1.67. The van der Waals surface area contributed by atoms with Gasteiger partial charge in [0.2, 0.25) is 0 Å². The summed E-state index contributed by atoms with van der Waals surface area (Å²) in [5, 5.41) is 0. The van der Waals surface area contributed by atoms with Crippen LogP contribution in [0.5, 0.6) is 0 Å². The van der Waals surface area contributed by atoms with E-state index in [0.717, 1.165) is 31.2 Å². The number of carbonyl (C=O) groups is 1. The molecule has 1 rings (SSSR count). The molecular weight excluding hydrogens is 228 g/mol. The lowest BCUT2D eigenvalue weighted by Gasteiger charge is -2.08. The van der Waals surface area contributed by atoms with E-state index in [1.807, 2.05) is 0 Å². The molecular formula is C14H22N2O2. The van der Waals surface area contributed by atoms with E-state index in [4.69, 9.17) is 16.2 Å². The van der Waals surface area contributed by atoms with Crippen LogP contribution in [0.15, 0.2) is 18.2 Å². The van der Waals surface area contributed by atoms with E-state index in [-0.39, 0.29) is 12.6 Å². The van der Waals surface area contributed by atoms with Crippen LogP contribution in [-0.4, -0.2) is 5.97 Å². The lowest BCUT2D eigenvalue weighted by Crippen LogP contribution is -2.06. The number of carbonyl (C=O) groups excluding carboxylic acids is 1. The summed E-state index contributed by atoms with van der Waals surface area (Å²) in [5.41, 5.74) is 13.3. The van der Waals surface area contributed by atoms with E-state index >= 15 is 0 Å². The number of hydrogen-bond acceptors (Lipinski definition) is 4. The summed E-state index contributed by atoms with van der Waals surface area (Å²) in [6.07, 6.45) is 4.78. The molecule has 4 N–H and O–H groups in total. The molecule has 1 aromatic carbocycles. The number of unbranched alkanes of at least 4 members (excludes halogenated alkanes) is 3. The van der Waals surface area contributed by atoms with Crippen molar-refractivity contribution in [3.8, 4) is 0 Å².